The molecule has 1 heterocycles. The number of likely N-dealkylation sites (N-methyl/N-ethyl adjacent to an activating group) is 1. The average Bonchev–Trinajstić information content (AvgIpc) is 3.33. The van der Waals surface area contributed by atoms with E-state index in [4.69, 9.17) is 0 Å². The van der Waals surface area contributed by atoms with Gasteiger partial charge in [-0.25, -0.2) is 13.1 Å². The zero-order valence-corrected chi connectivity index (χ0v) is 14.7. The van der Waals surface area contributed by atoms with E-state index in [-0.39, 0.29) is 16.8 Å². The summed E-state index contributed by atoms with van der Waals surface area (Å²) in [6, 6.07) is 6.39. The Labute approximate surface area is 143 Å². The molecule has 2 fully saturated rings. The normalized spacial score (nSPS) is 20.0. The van der Waals surface area contributed by atoms with E-state index in [0.717, 1.165) is 39.0 Å². The van der Waals surface area contributed by atoms with Gasteiger partial charge in [0.25, 0.3) is 0 Å². The van der Waals surface area contributed by atoms with Gasteiger partial charge in [-0.3, -0.25) is 9.69 Å². The van der Waals surface area contributed by atoms with Crippen molar-refractivity contribution in [2.45, 2.75) is 23.8 Å². The van der Waals surface area contributed by atoms with Crippen LogP contribution < -0.4 is 10.0 Å². The van der Waals surface area contributed by atoms with E-state index < -0.39 is 10.0 Å². The highest BCUT2D eigenvalue weighted by Crippen LogP contribution is 2.22. The first-order valence-electron chi connectivity index (χ1n) is 8.25. The number of nitrogens with one attached hydrogen (secondary N) is 2. The highest BCUT2D eigenvalue weighted by Gasteiger charge is 2.27. The lowest BCUT2D eigenvalue weighted by atomic mass is 10.3. The smallest absolute Gasteiger partial charge is 0.240 e. The van der Waals surface area contributed by atoms with Crippen LogP contribution in [0.4, 0.5) is 5.69 Å². The van der Waals surface area contributed by atoms with Gasteiger partial charge in [0.2, 0.25) is 15.9 Å². The quantitative estimate of drug-likeness (QED) is 0.770. The molecular formula is C16H24N4O3S. The van der Waals surface area contributed by atoms with Gasteiger partial charge >= 0.3 is 0 Å². The fourth-order valence-corrected chi connectivity index (χ4v) is 3.92. The molecule has 0 unspecified atom stereocenters. The summed E-state index contributed by atoms with van der Waals surface area (Å²) in [5.74, 6) is -0.0775. The molecule has 0 spiro atoms. The number of piperazine rings is 1. The SMILES string of the molecule is CN1CCN(CC(=O)Nc2ccc(S(=O)(=O)NC3CC3)cc2)CC1. The van der Waals surface area contributed by atoms with Gasteiger partial charge in [0.1, 0.15) is 0 Å². The molecule has 3 rings (SSSR count). The molecule has 132 valence electrons. The second kappa shape index (κ2) is 7.18. The molecule has 0 bridgehead atoms. The third-order valence-corrected chi connectivity index (χ3v) is 5.85. The van der Waals surface area contributed by atoms with Crippen LogP contribution in [0, 0.1) is 0 Å². The largest absolute Gasteiger partial charge is 0.325 e. The molecule has 1 aliphatic heterocycles. The molecule has 1 amide bonds. The number of benzene rings is 1. The maximum absolute atomic E-state index is 12.1. The number of amides is 1. The standard InChI is InChI=1S/C16H24N4O3S/c1-19-8-10-20(11-9-19)12-16(21)17-13-4-6-15(7-5-13)24(22,23)18-14-2-3-14/h4-7,14,18H,2-3,8-12H2,1H3,(H,17,21). The van der Waals surface area contributed by atoms with Gasteiger partial charge in [0.15, 0.2) is 0 Å². The molecule has 0 atom stereocenters. The van der Waals surface area contributed by atoms with Crippen molar-refractivity contribution in [3.8, 4) is 0 Å². The van der Waals surface area contributed by atoms with Gasteiger partial charge in [-0.1, -0.05) is 0 Å². The number of anilines is 1. The van der Waals surface area contributed by atoms with Crippen LogP contribution in [0.15, 0.2) is 29.2 Å². The van der Waals surface area contributed by atoms with Crippen molar-refractivity contribution in [3.05, 3.63) is 24.3 Å². The van der Waals surface area contributed by atoms with E-state index in [1.165, 1.54) is 12.1 Å². The van der Waals surface area contributed by atoms with E-state index in [9.17, 15) is 13.2 Å². The maximum atomic E-state index is 12.1. The van der Waals surface area contributed by atoms with Gasteiger partial charge in [-0.05, 0) is 44.2 Å². The van der Waals surface area contributed by atoms with E-state index in [0.29, 0.717) is 12.2 Å². The molecule has 1 aromatic carbocycles. The first-order valence-corrected chi connectivity index (χ1v) is 9.74. The number of rotatable bonds is 6. The summed E-state index contributed by atoms with van der Waals surface area (Å²) >= 11 is 0. The first-order chi connectivity index (χ1) is 11.4. The minimum absolute atomic E-state index is 0.0775. The molecule has 1 aromatic rings. The van der Waals surface area contributed by atoms with E-state index in [2.05, 4.69) is 26.9 Å². The maximum Gasteiger partial charge on any atom is 0.240 e. The summed E-state index contributed by atoms with van der Waals surface area (Å²) in [6.45, 7) is 4.06. The molecular weight excluding hydrogens is 328 g/mol. The summed E-state index contributed by atoms with van der Waals surface area (Å²) in [4.78, 5) is 16.7. The molecule has 0 radical (unpaired) electrons. The summed E-state index contributed by atoms with van der Waals surface area (Å²) in [6.07, 6.45) is 1.80. The predicted molar refractivity (Wildman–Crippen MR) is 92.4 cm³/mol. The van der Waals surface area contributed by atoms with Crippen LogP contribution in [-0.2, 0) is 14.8 Å². The second-order valence-corrected chi connectivity index (χ2v) is 8.26. The van der Waals surface area contributed by atoms with Crippen molar-refractivity contribution in [1.82, 2.24) is 14.5 Å². The van der Waals surface area contributed by atoms with Crippen LogP contribution >= 0.6 is 0 Å². The van der Waals surface area contributed by atoms with Gasteiger partial charge < -0.3 is 10.2 Å². The average molecular weight is 352 g/mol. The van der Waals surface area contributed by atoms with Crippen molar-refractivity contribution in [2.24, 2.45) is 0 Å². The van der Waals surface area contributed by atoms with Crippen LogP contribution in [-0.4, -0.2) is 69.9 Å². The zero-order valence-electron chi connectivity index (χ0n) is 13.9. The molecule has 1 saturated heterocycles. The third-order valence-electron chi connectivity index (χ3n) is 4.31. The van der Waals surface area contributed by atoms with Gasteiger partial charge in [-0.2, -0.15) is 0 Å². The van der Waals surface area contributed by atoms with Crippen LogP contribution in [0.25, 0.3) is 0 Å². The Bertz CT molecular complexity index is 678. The topological polar surface area (TPSA) is 81.8 Å². The fraction of sp³-hybridized carbons (Fsp3) is 0.562. The zero-order chi connectivity index (χ0) is 17.2. The minimum atomic E-state index is -3.45. The second-order valence-electron chi connectivity index (χ2n) is 6.55. The Morgan fingerprint density at radius 1 is 1.12 bits per heavy atom. The minimum Gasteiger partial charge on any atom is -0.325 e. The monoisotopic (exact) mass is 352 g/mol. The van der Waals surface area contributed by atoms with Crippen molar-refractivity contribution in [2.75, 3.05) is 45.1 Å². The Morgan fingerprint density at radius 2 is 1.75 bits per heavy atom. The van der Waals surface area contributed by atoms with Crippen molar-refractivity contribution < 1.29 is 13.2 Å². The Morgan fingerprint density at radius 3 is 2.33 bits per heavy atom. The Hall–Kier alpha value is -1.48. The highest BCUT2D eigenvalue weighted by atomic mass is 32.2. The van der Waals surface area contributed by atoms with E-state index in [1.807, 2.05) is 0 Å². The molecule has 2 aliphatic rings. The molecule has 7 nitrogen and oxygen atoms in total. The molecule has 24 heavy (non-hydrogen) atoms. The summed E-state index contributed by atoms with van der Waals surface area (Å²) in [5.41, 5.74) is 0.611. The molecule has 2 N–H and O–H groups in total. The van der Waals surface area contributed by atoms with Crippen LogP contribution in [0.5, 0.6) is 0 Å². The first kappa shape index (κ1) is 17.3. The third kappa shape index (κ3) is 4.76. The highest BCUT2D eigenvalue weighted by molar-refractivity contribution is 7.89. The molecule has 0 aromatic heterocycles. The number of carbonyl (C=O) groups excluding carboxylic acids is 1. The summed E-state index contributed by atoms with van der Waals surface area (Å²) < 4.78 is 26.8. The van der Waals surface area contributed by atoms with Crippen LogP contribution in [0.2, 0.25) is 0 Å². The van der Waals surface area contributed by atoms with Crippen LogP contribution in [0.1, 0.15) is 12.8 Å². The van der Waals surface area contributed by atoms with E-state index >= 15 is 0 Å². The summed E-state index contributed by atoms with van der Waals surface area (Å²) in [5, 5.41) is 2.82. The van der Waals surface area contributed by atoms with Crippen molar-refractivity contribution in [1.29, 1.82) is 0 Å². The number of hydrogen-bond acceptors (Lipinski definition) is 5. The lowest BCUT2D eigenvalue weighted by molar-refractivity contribution is -0.117. The van der Waals surface area contributed by atoms with Crippen molar-refractivity contribution >= 4 is 21.6 Å². The van der Waals surface area contributed by atoms with Gasteiger partial charge in [0.05, 0.1) is 11.4 Å². The Kier molecular flexibility index (Phi) is 5.19. The van der Waals surface area contributed by atoms with E-state index in [1.54, 1.807) is 12.1 Å². The number of nitrogens with zero attached hydrogens (tertiary/aromatic N) is 2. The molecule has 8 heteroatoms. The number of sulfonamides is 1. The van der Waals surface area contributed by atoms with Gasteiger partial charge in [-0.15, -0.1) is 0 Å². The predicted octanol–water partition coefficient (Wildman–Crippen LogP) is 0.313. The fourth-order valence-electron chi connectivity index (χ4n) is 2.62. The number of hydrogen-bond donors (Lipinski definition) is 2. The molecule has 1 saturated carbocycles. The summed E-state index contributed by atoms with van der Waals surface area (Å²) in [7, 11) is -1.37. The van der Waals surface area contributed by atoms with Crippen LogP contribution in [0.3, 0.4) is 0 Å². The van der Waals surface area contributed by atoms with Crippen molar-refractivity contribution in [3.63, 3.8) is 0 Å². The lowest BCUT2D eigenvalue weighted by Crippen LogP contribution is -2.47. The van der Waals surface area contributed by atoms with Gasteiger partial charge in [0, 0.05) is 37.9 Å². The molecule has 1 aliphatic carbocycles. The lowest BCUT2D eigenvalue weighted by Gasteiger charge is -2.31. The number of carbonyl (C=O) groups is 1. The Balaban J connectivity index is 1.52.